The minimum atomic E-state index is -0.0348. The van der Waals surface area contributed by atoms with Gasteiger partial charge in [0.2, 0.25) is 11.8 Å². The van der Waals surface area contributed by atoms with Crippen molar-refractivity contribution in [3.8, 4) is 0 Å². The molecule has 2 aliphatic heterocycles. The molecule has 1 N–H and O–H groups in total. The summed E-state index contributed by atoms with van der Waals surface area (Å²) in [5, 5.41) is 3.05. The second-order valence-corrected chi connectivity index (χ2v) is 7.46. The summed E-state index contributed by atoms with van der Waals surface area (Å²) in [7, 11) is 0. The minimum Gasteiger partial charge on any atom is -0.351 e. The SMILES string of the molecule is CC(=O)N[C@@H]1CN(C(=O)CN2CCCCC2)C[C@H]1c1ccc(C)cc1. The second-order valence-electron chi connectivity index (χ2n) is 7.46. The molecule has 2 atom stereocenters. The largest absolute Gasteiger partial charge is 0.351 e. The lowest BCUT2D eigenvalue weighted by Crippen LogP contribution is -2.43. The standard InChI is InChI=1S/C20H29N3O2/c1-15-6-8-17(9-7-15)18-12-23(13-19(18)21-16(2)24)20(25)14-22-10-4-3-5-11-22/h6-9,18-19H,3-5,10-14H2,1-2H3,(H,21,24)/t18-,19+/m0/s1. The third kappa shape index (κ3) is 4.60. The van der Waals surface area contributed by atoms with Gasteiger partial charge in [0.25, 0.3) is 0 Å². The molecule has 1 aromatic carbocycles. The van der Waals surface area contributed by atoms with E-state index in [2.05, 4.69) is 41.4 Å². The van der Waals surface area contributed by atoms with Crippen molar-refractivity contribution >= 4 is 11.8 Å². The first-order valence-corrected chi connectivity index (χ1v) is 9.37. The van der Waals surface area contributed by atoms with Gasteiger partial charge in [-0.2, -0.15) is 0 Å². The van der Waals surface area contributed by atoms with Crippen LogP contribution in [-0.4, -0.2) is 60.4 Å². The maximum Gasteiger partial charge on any atom is 0.236 e. The quantitative estimate of drug-likeness (QED) is 0.909. The van der Waals surface area contributed by atoms with Gasteiger partial charge in [-0.05, 0) is 38.4 Å². The molecule has 3 rings (SSSR count). The molecule has 5 heteroatoms. The number of carbonyl (C=O) groups excluding carboxylic acids is 2. The van der Waals surface area contributed by atoms with Gasteiger partial charge in [-0.25, -0.2) is 0 Å². The van der Waals surface area contributed by atoms with Crippen LogP contribution >= 0.6 is 0 Å². The second kappa shape index (κ2) is 8.00. The van der Waals surface area contributed by atoms with E-state index < -0.39 is 0 Å². The number of nitrogens with one attached hydrogen (secondary N) is 1. The molecule has 2 amide bonds. The van der Waals surface area contributed by atoms with Crippen molar-refractivity contribution in [1.82, 2.24) is 15.1 Å². The summed E-state index contributed by atoms with van der Waals surface area (Å²) in [6, 6.07) is 8.42. The zero-order valence-electron chi connectivity index (χ0n) is 15.3. The molecule has 2 aliphatic rings. The first-order valence-electron chi connectivity index (χ1n) is 9.37. The lowest BCUT2D eigenvalue weighted by atomic mass is 9.93. The van der Waals surface area contributed by atoms with Gasteiger partial charge in [-0.1, -0.05) is 36.2 Å². The summed E-state index contributed by atoms with van der Waals surface area (Å²) >= 11 is 0. The number of likely N-dealkylation sites (tertiary alicyclic amines) is 2. The molecule has 5 nitrogen and oxygen atoms in total. The van der Waals surface area contributed by atoms with Gasteiger partial charge in [-0.15, -0.1) is 0 Å². The normalized spacial score (nSPS) is 24.3. The summed E-state index contributed by atoms with van der Waals surface area (Å²) < 4.78 is 0. The number of nitrogens with zero attached hydrogens (tertiary/aromatic N) is 2. The highest BCUT2D eigenvalue weighted by molar-refractivity contribution is 5.79. The number of piperidine rings is 1. The molecule has 25 heavy (non-hydrogen) atoms. The monoisotopic (exact) mass is 343 g/mol. The van der Waals surface area contributed by atoms with Crippen molar-refractivity contribution in [3.05, 3.63) is 35.4 Å². The number of carbonyl (C=O) groups is 2. The van der Waals surface area contributed by atoms with Crippen LogP contribution in [0.3, 0.4) is 0 Å². The third-order valence-electron chi connectivity index (χ3n) is 5.37. The maximum atomic E-state index is 12.7. The number of benzene rings is 1. The average molecular weight is 343 g/mol. The van der Waals surface area contributed by atoms with E-state index in [1.807, 2.05) is 4.90 Å². The Morgan fingerprint density at radius 2 is 1.76 bits per heavy atom. The van der Waals surface area contributed by atoms with E-state index in [0.717, 1.165) is 13.1 Å². The van der Waals surface area contributed by atoms with Crippen LogP contribution in [0.25, 0.3) is 0 Å². The van der Waals surface area contributed by atoms with Crippen molar-refractivity contribution in [1.29, 1.82) is 0 Å². The van der Waals surface area contributed by atoms with Gasteiger partial charge in [0.05, 0.1) is 12.6 Å². The van der Waals surface area contributed by atoms with Gasteiger partial charge >= 0.3 is 0 Å². The molecule has 0 unspecified atom stereocenters. The predicted octanol–water partition coefficient (Wildman–Crippen LogP) is 1.91. The number of hydrogen-bond donors (Lipinski definition) is 1. The predicted molar refractivity (Wildman–Crippen MR) is 98.4 cm³/mol. The molecule has 1 aromatic rings. The van der Waals surface area contributed by atoms with E-state index in [-0.39, 0.29) is 23.8 Å². The van der Waals surface area contributed by atoms with Crippen LogP contribution in [-0.2, 0) is 9.59 Å². The topological polar surface area (TPSA) is 52.7 Å². The van der Waals surface area contributed by atoms with Crippen LogP contribution < -0.4 is 5.32 Å². The average Bonchev–Trinajstić information content (AvgIpc) is 3.00. The van der Waals surface area contributed by atoms with Gasteiger partial charge in [-0.3, -0.25) is 14.5 Å². The van der Waals surface area contributed by atoms with Crippen molar-refractivity contribution in [2.24, 2.45) is 0 Å². The van der Waals surface area contributed by atoms with Gasteiger partial charge in [0.15, 0.2) is 0 Å². The Morgan fingerprint density at radius 1 is 1.08 bits per heavy atom. The first-order chi connectivity index (χ1) is 12.0. The molecule has 0 spiro atoms. The lowest BCUT2D eigenvalue weighted by Gasteiger charge is -2.28. The molecule has 0 bridgehead atoms. The van der Waals surface area contributed by atoms with Crippen LogP contribution in [0.4, 0.5) is 0 Å². The maximum absolute atomic E-state index is 12.7. The highest BCUT2D eigenvalue weighted by Gasteiger charge is 2.36. The Bertz CT molecular complexity index is 608. The van der Waals surface area contributed by atoms with Crippen LogP contribution in [0, 0.1) is 6.92 Å². The van der Waals surface area contributed by atoms with E-state index in [9.17, 15) is 9.59 Å². The van der Waals surface area contributed by atoms with Crippen LogP contribution in [0.1, 0.15) is 43.2 Å². The highest BCUT2D eigenvalue weighted by Crippen LogP contribution is 2.28. The molecule has 2 saturated heterocycles. The summed E-state index contributed by atoms with van der Waals surface area (Å²) in [6.45, 7) is 7.45. The smallest absolute Gasteiger partial charge is 0.236 e. The van der Waals surface area contributed by atoms with Crippen LogP contribution in [0.2, 0.25) is 0 Å². The van der Waals surface area contributed by atoms with Crippen molar-refractivity contribution < 1.29 is 9.59 Å². The van der Waals surface area contributed by atoms with Crippen molar-refractivity contribution in [2.45, 2.75) is 45.1 Å². The molecule has 2 fully saturated rings. The Hall–Kier alpha value is -1.88. The number of aryl methyl sites for hydroxylation is 1. The molecular formula is C20H29N3O2. The summed E-state index contributed by atoms with van der Waals surface area (Å²) in [4.78, 5) is 28.5. The highest BCUT2D eigenvalue weighted by atomic mass is 16.2. The molecule has 0 aliphatic carbocycles. The molecule has 0 radical (unpaired) electrons. The summed E-state index contributed by atoms with van der Waals surface area (Å²) in [5.74, 6) is 0.314. The summed E-state index contributed by atoms with van der Waals surface area (Å²) in [6.07, 6.45) is 3.65. The fourth-order valence-corrected chi connectivity index (χ4v) is 3.98. The van der Waals surface area contributed by atoms with E-state index in [0.29, 0.717) is 19.6 Å². The number of hydrogen-bond acceptors (Lipinski definition) is 3. The lowest BCUT2D eigenvalue weighted by molar-refractivity contribution is -0.132. The number of amides is 2. The Balaban J connectivity index is 1.68. The first kappa shape index (κ1) is 17.9. The molecule has 0 saturated carbocycles. The Labute approximate surface area is 150 Å². The van der Waals surface area contributed by atoms with E-state index in [1.54, 1.807) is 6.92 Å². The minimum absolute atomic E-state index is 0.00879. The Kier molecular flexibility index (Phi) is 5.74. The van der Waals surface area contributed by atoms with E-state index >= 15 is 0 Å². The zero-order chi connectivity index (χ0) is 17.8. The van der Waals surface area contributed by atoms with Crippen LogP contribution in [0.5, 0.6) is 0 Å². The zero-order valence-corrected chi connectivity index (χ0v) is 15.3. The van der Waals surface area contributed by atoms with Crippen LogP contribution in [0.15, 0.2) is 24.3 Å². The third-order valence-corrected chi connectivity index (χ3v) is 5.37. The Morgan fingerprint density at radius 3 is 2.40 bits per heavy atom. The van der Waals surface area contributed by atoms with Gasteiger partial charge < -0.3 is 10.2 Å². The van der Waals surface area contributed by atoms with Crippen molar-refractivity contribution in [2.75, 3.05) is 32.7 Å². The van der Waals surface area contributed by atoms with Crippen molar-refractivity contribution in [3.63, 3.8) is 0 Å². The van der Waals surface area contributed by atoms with Gasteiger partial charge in [0, 0.05) is 25.9 Å². The fraction of sp³-hybridized carbons (Fsp3) is 0.600. The molecular weight excluding hydrogens is 314 g/mol. The molecule has 2 heterocycles. The molecule has 0 aromatic heterocycles. The molecule has 136 valence electrons. The number of rotatable bonds is 4. The van der Waals surface area contributed by atoms with E-state index in [1.165, 1.54) is 30.4 Å². The van der Waals surface area contributed by atoms with Gasteiger partial charge in [0.1, 0.15) is 0 Å². The fourth-order valence-electron chi connectivity index (χ4n) is 3.98. The summed E-state index contributed by atoms with van der Waals surface area (Å²) in [5.41, 5.74) is 2.41. The van der Waals surface area contributed by atoms with E-state index in [4.69, 9.17) is 0 Å².